The second-order valence-corrected chi connectivity index (χ2v) is 4.02. The Hall–Kier alpha value is -2.16. The number of hydrogen-bond acceptors (Lipinski definition) is 3. The molecule has 18 heavy (non-hydrogen) atoms. The van der Waals surface area contributed by atoms with Gasteiger partial charge in [-0.3, -0.25) is 9.98 Å². The molecule has 1 atom stereocenters. The minimum Gasteiger partial charge on any atom is -0.506 e. The summed E-state index contributed by atoms with van der Waals surface area (Å²) in [6, 6.07) is 13.5. The second-order valence-electron chi connectivity index (χ2n) is 4.02. The van der Waals surface area contributed by atoms with Crippen molar-refractivity contribution in [3.05, 3.63) is 59.9 Å². The Labute approximate surface area is 107 Å². The zero-order chi connectivity index (χ0) is 12.8. The van der Waals surface area contributed by atoms with Crippen LogP contribution in [0.1, 0.15) is 30.6 Å². The predicted octanol–water partition coefficient (Wildman–Crippen LogP) is 3.36. The smallest absolute Gasteiger partial charge is 0.142 e. The lowest BCUT2D eigenvalue weighted by Gasteiger charge is -2.09. The number of pyridine rings is 1. The van der Waals surface area contributed by atoms with E-state index >= 15 is 0 Å². The molecule has 3 nitrogen and oxygen atoms in total. The van der Waals surface area contributed by atoms with E-state index in [1.54, 1.807) is 24.5 Å². The molecule has 2 rings (SSSR count). The second kappa shape index (κ2) is 5.96. The number of aromatic nitrogens is 1. The van der Waals surface area contributed by atoms with Crippen molar-refractivity contribution < 1.29 is 5.11 Å². The van der Waals surface area contributed by atoms with E-state index in [1.807, 2.05) is 18.2 Å². The third kappa shape index (κ3) is 2.94. The normalized spacial score (nSPS) is 12.7. The molecule has 0 aliphatic heterocycles. The molecule has 1 N–H and O–H groups in total. The zero-order valence-electron chi connectivity index (χ0n) is 10.3. The molecule has 3 heteroatoms. The Bertz CT molecular complexity index is 523. The van der Waals surface area contributed by atoms with E-state index in [2.05, 4.69) is 29.0 Å². The molecule has 1 unspecified atom stereocenters. The van der Waals surface area contributed by atoms with E-state index in [1.165, 1.54) is 5.56 Å². The number of benzene rings is 1. The highest BCUT2D eigenvalue weighted by atomic mass is 16.3. The Morgan fingerprint density at radius 3 is 2.67 bits per heavy atom. The van der Waals surface area contributed by atoms with Crippen LogP contribution in [-0.2, 0) is 0 Å². The molecule has 0 spiro atoms. The molecule has 0 saturated heterocycles. The summed E-state index contributed by atoms with van der Waals surface area (Å²) < 4.78 is 0. The number of aromatic hydroxyl groups is 1. The van der Waals surface area contributed by atoms with Gasteiger partial charge in [0, 0.05) is 6.20 Å². The Kier molecular flexibility index (Phi) is 4.07. The number of hydrogen-bond donors (Lipinski definition) is 1. The molecule has 0 amide bonds. The third-order valence-electron chi connectivity index (χ3n) is 2.76. The molecule has 0 aliphatic carbocycles. The van der Waals surface area contributed by atoms with Gasteiger partial charge < -0.3 is 5.11 Å². The maximum Gasteiger partial charge on any atom is 0.142 e. The molecule has 92 valence electrons. The van der Waals surface area contributed by atoms with Crippen LogP contribution in [0, 0.1) is 0 Å². The lowest BCUT2D eigenvalue weighted by Crippen LogP contribution is -1.95. The number of aliphatic imine (C=N–C) groups is 1. The molecule has 0 bridgehead atoms. The average Bonchev–Trinajstić information content (AvgIpc) is 2.42. The first kappa shape index (κ1) is 12.3. The first-order valence-electron chi connectivity index (χ1n) is 6.03. The van der Waals surface area contributed by atoms with Gasteiger partial charge in [-0.1, -0.05) is 37.3 Å². The predicted molar refractivity (Wildman–Crippen MR) is 73.0 cm³/mol. The Morgan fingerprint density at radius 1 is 1.22 bits per heavy atom. The fourth-order valence-electron chi connectivity index (χ4n) is 1.77. The quantitative estimate of drug-likeness (QED) is 0.833. The van der Waals surface area contributed by atoms with Crippen molar-refractivity contribution in [1.29, 1.82) is 0 Å². The van der Waals surface area contributed by atoms with Crippen LogP contribution in [0.5, 0.6) is 5.75 Å². The van der Waals surface area contributed by atoms with Gasteiger partial charge in [-0.05, 0) is 24.1 Å². The molecule has 1 aromatic heterocycles. The van der Waals surface area contributed by atoms with Gasteiger partial charge >= 0.3 is 0 Å². The molecule has 0 aliphatic rings. The molecular formula is C15H16N2O. The van der Waals surface area contributed by atoms with E-state index in [0.717, 1.165) is 6.42 Å². The Morgan fingerprint density at radius 2 is 2.00 bits per heavy atom. The highest BCUT2D eigenvalue weighted by Crippen LogP contribution is 2.21. The van der Waals surface area contributed by atoms with Gasteiger partial charge in [0.1, 0.15) is 11.4 Å². The van der Waals surface area contributed by atoms with E-state index in [-0.39, 0.29) is 11.8 Å². The summed E-state index contributed by atoms with van der Waals surface area (Å²) in [5.74, 6) is 0.157. The maximum absolute atomic E-state index is 9.61. The van der Waals surface area contributed by atoms with Crippen molar-refractivity contribution in [2.75, 3.05) is 0 Å². The first-order chi connectivity index (χ1) is 8.81. The van der Waals surface area contributed by atoms with Crippen molar-refractivity contribution in [3.8, 4) is 5.75 Å². The van der Waals surface area contributed by atoms with Crippen LogP contribution in [-0.4, -0.2) is 16.3 Å². The molecule has 2 aromatic rings. The summed E-state index contributed by atoms with van der Waals surface area (Å²) in [4.78, 5) is 8.57. The van der Waals surface area contributed by atoms with E-state index in [9.17, 15) is 5.11 Å². The molecule has 0 fully saturated rings. The summed E-state index contributed by atoms with van der Waals surface area (Å²) in [5, 5.41) is 9.61. The SMILES string of the molecule is CCC(N=Cc1ncccc1O)c1ccccc1. The van der Waals surface area contributed by atoms with Crippen LogP contribution in [0.25, 0.3) is 0 Å². The molecule has 1 aromatic carbocycles. The number of nitrogens with zero attached hydrogens (tertiary/aromatic N) is 2. The lowest BCUT2D eigenvalue weighted by molar-refractivity contribution is 0.471. The first-order valence-corrected chi connectivity index (χ1v) is 6.03. The zero-order valence-corrected chi connectivity index (χ0v) is 10.3. The van der Waals surface area contributed by atoms with E-state index in [0.29, 0.717) is 5.69 Å². The molecular weight excluding hydrogens is 224 g/mol. The average molecular weight is 240 g/mol. The van der Waals surface area contributed by atoms with Crippen LogP contribution >= 0.6 is 0 Å². The lowest BCUT2D eigenvalue weighted by atomic mass is 10.1. The third-order valence-corrected chi connectivity index (χ3v) is 2.76. The van der Waals surface area contributed by atoms with Gasteiger partial charge in [0.05, 0.1) is 12.3 Å². The van der Waals surface area contributed by atoms with Crippen molar-refractivity contribution in [2.45, 2.75) is 19.4 Å². The summed E-state index contributed by atoms with van der Waals surface area (Å²) in [5.41, 5.74) is 1.68. The van der Waals surface area contributed by atoms with Crippen LogP contribution in [0.2, 0.25) is 0 Å². The molecule has 0 saturated carbocycles. The Balaban J connectivity index is 2.19. The molecule has 1 heterocycles. The largest absolute Gasteiger partial charge is 0.506 e. The standard InChI is InChI=1S/C15H16N2O/c1-2-13(12-7-4-3-5-8-12)17-11-14-15(18)9-6-10-16-14/h3-11,13,18H,2H2,1H3. The van der Waals surface area contributed by atoms with Crippen molar-refractivity contribution >= 4 is 6.21 Å². The summed E-state index contributed by atoms with van der Waals surface area (Å²) in [6.07, 6.45) is 4.19. The van der Waals surface area contributed by atoms with Crippen LogP contribution in [0.4, 0.5) is 0 Å². The highest BCUT2D eigenvalue weighted by Gasteiger charge is 2.06. The van der Waals surface area contributed by atoms with E-state index < -0.39 is 0 Å². The van der Waals surface area contributed by atoms with Crippen LogP contribution in [0.3, 0.4) is 0 Å². The molecule has 0 radical (unpaired) electrons. The highest BCUT2D eigenvalue weighted by molar-refractivity contribution is 5.80. The van der Waals surface area contributed by atoms with Gasteiger partial charge in [0.2, 0.25) is 0 Å². The topological polar surface area (TPSA) is 45.5 Å². The number of rotatable bonds is 4. The van der Waals surface area contributed by atoms with Gasteiger partial charge in [-0.15, -0.1) is 0 Å². The van der Waals surface area contributed by atoms with Gasteiger partial charge in [-0.25, -0.2) is 0 Å². The van der Waals surface area contributed by atoms with Crippen molar-refractivity contribution in [2.24, 2.45) is 4.99 Å². The van der Waals surface area contributed by atoms with Gasteiger partial charge in [-0.2, -0.15) is 0 Å². The van der Waals surface area contributed by atoms with Crippen LogP contribution < -0.4 is 0 Å². The van der Waals surface area contributed by atoms with Crippen molar-refractivity contribution in [3.63, 3.8) is 0 Å². The minimum atomic E-state index is 0.104. The van der Waals surface area contributed by atoms with Gasteiger partial charge in [0.15, 0.2) is 0 Å². The summed E-state index contributed by atoms with van der Waals surface area (Å²) in [6.45, 7) is 2.09. The minimum absolute atomic E-state index is 0.104. The fourth-order valence-corrected chi connectivity index (χ4v) is 1.77. The maximum atomic E-state index is 9.61. The summed E-state index contributed by atoms with van der Waals surface area (Å²) >= 11 is 0. The van der Waals surface area contributed by atoms with Crippen molar-refractivity contribution in [1.82, 2.24) is 4.98 Å². The fraction of sp³-hybridized carbons (Fsp3) is 0.200. The van der Waals surface area contributed by atoms with Gasteiger partial charge in [0.25, 0.3) is 0 Å². The monoisotopic (exact) mass is 240 g/mol. The summed E-state index contributed by atoms with van der Waals surface area (Å²) in [7, 11) is 0. The van der Waals surface area contributed by atoms with E-state index in [4.69, 9.17) is 0 Å². The van der Waals surface area contributed by atoms with Crippen LogP contribution in [0.15, 0.2) is 53.7 Å².